The number of carbonyl (C=O) groups is 2. The van der Waals surface area contributed by atoms with Crippen LogP contribution in [0.15, 0.2) is 0 Å². The average molecular weight is 520 g/mol. The lowest BCUT2D eigenvalue weighted by molar-refractivity contribution is -0.187. The van der Waals surface area contributed by atoms with Crippen LogP contribution in [-0.4, -0.2) is 74.1 Å². The first-order chi connectivity index (χ1) is 16.5. The molecule has 0 aliphatic heterocycles. The first kappa shape index (κ1) is 34.7. The van der Waals surface area contributed by atoms with Crippen LogP contribution in [0.2, 0.25) is 0 Å². The van der Waals surface area contributed by atoms with Crippen molar-refractivity contribution in [1.29, 1.82) is 0 Å². The summed E-state index contributed by atoms with van der Waals surface area (Å²) in [4.78, 5) is 25.2. The summed E-state index contributed by atoms with van der Waals surface area (Å²) in [6.45, 7) is 21.1. The number of esters is 2. The Kier molecular flexibility index (Phi) is 15.3. The molecule has 36 heavy (non-hydrogen) atoms. The molecule has 0 aliphatic rings. The van der Waals surface area contributed by atoms with Crippen LogP contribution in [0.4, 0.5) is 0 Å². The van der Waals surface area contributed by atoms with E-state index in [9.17, 15) is 9.59 Å². The Hall–Kier alpha value is -1.26. The minimum atomic E-state index is -1.63. The van der Waals surface area contributed by atoms with Gasteiger partial charge in [-0.3, -0.25) is 5.73 Å². The molecule has 9 nitrogen and oxygen atoms in total. The second kappa shape index (κ2) is 15.9. The van der Waals surface area contributed by atoms with Crippen molar-refractivity contribution >= 4 is 11.9 Å². The van der Waals surface area contributed by atoms with Gasteiger partial charge in [-0.25, -0.2) is 9.59 Å². The van der Waals surface area contributed by atoms with Gasteiger partial charge >= 0.3 is 11.9 Å². The van der Waals surface area contributed by atoms with Crippen LogP contribution in [-0.2, 0) is 38.0 Å². The van der Waals surface area contributed by atoms with Gasteiger partial charge in [-0.1, -0.05) is 34.6 Å². The molecule has 0 aliphatic carbocycles. The fourth-order valence-electron chi connectivity index (χ4n) is 2.85. The van der Waals surface area contributed by atoms with Crippen molar-refractivity contribution in [3.05, 3.63) is 0 Å². The molecule has 6 atom stereocenters. The first-order valence-electron chi connectivity index (χ1n) is 13.2. The largest absolute Gasteiger partial charge is 0.461 e. The molecule has 0 spiro atoms. The van der Waals surface area contributed by atoms with Crippen LogP contribution in [0.1, 0.15) is 95.4 Å². The van der Waals surface area contributed by atoms with Gasteiger partial charge in [0.1, 0.15) is 13.2 Å². The SMILES string of the molecule is CCC(C)OC(C)COC(=O)C(C)(N)OCC(C)(C)COC(C)(CC)C(=O)OCC(C)OC(C)CC. The molecular weight excluding hydrogens is 466 g/mol. The zero-order chi connectivity index (χ0) is 28.2. The van der Waals surface area contributed by atoms with E-state index in [-0.39, 0.29) is 50.8 Å². The van der Waals surface area contributed by atoms with Gasteiger partial charge in [-0.05, 0) is 60.8 Å². The number of rotatable bonds is 19. The number of hydrogen-bond acceptors (Lipinski definition) is 9. The van der Waals surface area contributed by atoms with E-state index < -0.39 is 28.7 Å². The minimum Gasteiger partial charge on any atom is -0.461 e. The van der Waals surface area contributed by atoms with E-state index in [1.807, 2.05) is 62.3 Å². The van der Waals surface area contributed by atoms with Gasteiger partial charge in [-0.2, -0.15) is 0 Å². The minimum absolute atomic E-state index is 0.0765. The van der Waals surface area contributed by atoms with Crippen molar-refractivity contribution in [2.24, 2.45) is 11.1 Å². The smallest absolute Gasteiger partial charge is 0.353 e. The highest BCUT2D eigenvalue weighted by Crippen LogP contribution is 2.25. The Morgan fingerprint density at radius 3 is 1.53 bits per heavy atom. The molecule has 0 amide bonds. The van der Waals surface area contributed by atoms with Gasteiger partial charge in [0.25, 0.3) is 0 Å². The van der Waals surface area contributed by atoms with Gasteiger partial charge in [0.05, 0.1) is 37.6 Å². The predicted molar refractivity (Wildman–Crippen MR) is 139 cm³/mol. The predicted octanol–water partition coefficient (Wildman–Crippen LogP) is 4.38. The maximum atomic E-state index is 12.8. The molecule has 6 unspecified atom stereocenters. The molecule has 214 valence electrons. The van der Waals surface area contributed by atoms with Gasteiger partial charge < -0.3 is 28.4 Å². The molecule has 2 N–H and O–H groups in total. The molecule has 0 rings (SSSR count). The van der Waals surface area contributed by atoms with Crippen LogP contribution in [0.25, 0.3) is 0 Å². The van der Waals surface area contributed by atoms with Gasteiger partial charge in [0.15, 0.2) is 5.60 Å². The van der Waals surface area contributed by atoms with Crippen molar-refractivity contribution in [3.8, 4) is 0 Å². The Labute approximate surface area is 219 Å². The number of ether oxygens (including phenoxy) is 6. The summed E-state index contributed by atoms with van der Waals surface area (Å²) in [6.07, 6.45) is 1.90. The Bertz CT molecular complexity index is 654. The van der Waals surface area contributed by atoms with Crippen LogP contribution in [0, 0.1) is 5.41 Å². The van der Waals surface area contributed by atoms with Crippen LogP contribution < -0.4 is 5.73 Å². The molecule has 0 aromatic heterocycles. The second-order valence-electron chi connectivity index (χ2n) is 11.0. The maximum Gasteiger partial charge on any atom is 0.353 e. The van der Waals surface area contributed by atoms with Crippen LogP contribution >= 0.6 is 0 Å². The Balaban J connectivity index is 4.76. The van der Waals surface area contributed by atoms with Crippen molar-refractivity contribution in [1.82, 2.24) is 0 Å². The zero-order valence-corrected chi connectivity index (χ0v) is 24.6. The zero-order valence-electron chi connectivity index (χ0n) is 24.6. The lowest BCUT2D eigenvalue weighted by Gasteiger charge is -2.34. The standard InChI is InChI=1S/C27H53NO8/c1-12-19(4)35-21(6)15-31-23(29)26(10,14-3)33-17-25(8,9)18-34-27(11,28)24(30)32-16-22(7)36-20(5)13-2/h19-22H,12-18,28H2,1-11H3. The average Bonchev–Trinajstić information content (AvgIpc) is 2.82. The van der Waals surface area contributed by atoms with Crippen molar-refractivity contribution in [3.63, 3.8) is 0 Å². The summed E-state index contributed by atoms with van der Waals surface area (Å²) in [5, 5.41) is 0. The van der Waals surface area contributed by atoms with E-state index in [1.165, 1.54) is 6.92 Å². The maximum absolute atomic E-state index is 12.8. The van der Waals surface area contributed by atoms with Crippen LogP contribution in [0.5, 0.6) is 0 Å². The third kappa shape index (κ3) is 13.3. The topological polar surface area (TPSA) is 116 Å². The number of carbonyl (C=O) groups excluding carboxylic acids is 2. The summed E-state index contributed by atoms with van der Waals surface area (Å²) in [7, 11) is 0. The highest BCUT2D eigenvalue weighted by molar-refractivity contribution is 5.79. The normalized spacial score (nSPS) is 18.9. The fourth-order valence-corrected chi connectivity index (χ4v) is 2.85. The summed E-state index contributed by atoms with van der Waals surface area (Å²) >= 11 is 0. The lowest BCUT2D eigenvalue weighted by atomic mass is 9.95. The molecule has 0 aromatic carbocycles. The molecular formula is C27H53NO8. The van der Waals surface area contributed by atoms with E-state index in [0.717, 1.165) is 12.8 Å². The quantitative estimate of drug-likeness (QED) is 0.196. The summed E-state index contributed by atoms with van der Waals surface area (Å²) in [5.74, 6) is -1.11. The van der Waals surface area contributed by atoms with Crippen molar-refractivity contribution in [2.45, 2.75) is 131 Å². The van der Waals surface area contributed by atoms with E-state index >= 15 is 0 Å². The molecule has 0 heterocycles. The molecule has 0 radical (unpaired) electrons. The summed E-state index contributed by atoms with van der Waals surface area (Å²) < 4.78 is 34.0. The van der Waals surface area contributed by atoms with E-state index in [0.29, 0.717) is 6.42 Å². The third-order valence-electron chi connectivity index (χ3n) is 6.03. The Morgan fingerprint density at radius 2 is 1.11 bits per heavy atom. The van der Waals surface area contributed by atoms with Gasteiger partial charge in [-0.15, -0.1) is 0 Å². The van der Waals surface area contributed by atoms with Crippen molar-refractivity contribution < 1.29 is 38.0 Å². The molecule has 0 saturated carbocycles. The lowest BCUT2D eigenvalue weighted by Crippen LogP contribution is -2.51. The third-order valence-corrected chi connectivity index (χ3v) is 6.03. The van der Waals surface area contributed by atoms with E-state index in [4.69, 9.17) is 34.2 Å². The molecule has 0 saturated heterocycles. The molecule has 9 heteroatoms. The van der Waals surface area contributed by atoms with Gasteiger partial charge in [0, 0.05) is 5.41 Å². The monoisotopic (exact) mass is 519 g/mol. The van der Waals surface area contributed by atoms with E-state index in [2.05, 4.69) is 0 Å². The molecule has 0 bridgehead atoms. The fraction of sp³-hybridized carbons (Fsp3) is 0.926. The molecule has 0 fully saturated rings. The summed E-state index contributed by atoms with van der Waals surface area (Å²) in [5.41, 5.74) is 2.79. The highest BCUT2D eigenvalue weighted by atomic mass is 16.6. The first-order valence-corrected chi connectivity index (χ1v) is 13.2. The molecule has 0 aromatic rings. The second-order valence-corrected chi connectivity index (χ2v) is 11.0. The highest BCUT2D eigenvalue weighted by Gasteiger charge is 2.38. The van der Waals surface area contributed by atoms with Crippen LogP contribution in [0.3, 0.4) is 0 Å². The number of hydrogen-bond donors (Lipinski definition) is 1. The Morgan fingerprint density at radius 1 is 0.694 bits per heavy atom. The number of nitrogens with two attached hydrogens (primary N) is 1. The van der Waals surface area contributed by atoms with Gasteiger partial charge in [0.2, 0.25) is 5.72 Å². The van der Waals surface area contributed by atoms with Crippen molar-refractivity contribution in [2.75, 3.05) is 26.4 Å². The van der Waals surface area contributed by atoms with E-state index in [1.54, 1.807) is 6.92 Å². The summed E-state index contributed by atoms with van der Waals surface area (Å²) in [6, 6.07) is 0.